The van der Waals surface area contributed by atoms with Crippen molar-refractivity contribution in [2.24, 2.45) is 5.92 Å². The highest BCUT2D eigenvalue weighted by atomic mass is 16.3. The largest absolute Gasteiger partial charge is 0.464 e. The lowest BCUT2D eigenvalue weighted by molar-refractivity contribution is 0.615. The van der Waals surface area contributed by atoms with E-state index in [2.05, 4.69) is 34.9 Å². The van der Waals surface area contributed by atoms with Crippen molar-refractivity contribution in [3.63, 3.8) is 0 Å². The Kier molecular flexibility index (Phi) is 3.93. The van der Waals surface area contributed by atoms with Crippen LogP contribution in [0.25, 0.3) is 61.0 Å². The van der Waals surface area contributed by atoms with Crippen molar-refractivity contribution in [3.8, 4) is 17.1 Å². The van der Waals surface area contributed by atoms with Crippen LogP contribution in [0.4, 0.5) is 0 Å². The zero-order valence-electron chi connectivity index (χ0n) is 21.4. The Morgan fingerprint density at radius 2 is 1.66 bits per heavy atom. The summed E-state index contributed by atoms with van der Waals surface area (Å²) in [5.41, 5.74) is 6.58. The molecule has 0 saturated carbocycles. The third-order valence-electron chi connectivity index (χ3n) is 6.45. The number of para-hydroxylation sites is 3. The van der Waals surface area contributed by atoms with Crippen LogP contribution in [-0.4, -0.2) is 9.55 Å². The second kappa shape index (κ2) is 7.60. The van der Waals surface area contributed by atoms with Crippen LogP contribution in [-0.2, 0) is 6.37 Å². The van der Waals surface area contributed by atoms with Gasteiger partial charge in [-0.1, -0.05) is 50.2 Å². The highest BCUT2D eigenvalue weighted by Crippen LogP contribution is 2.37. The van der Waals surface area contributed by atoms with Crippen LogP contribution < -0.4 is 0 Å². The monoisotopic (exact) mass is 458 g/mol. The summed E-state index contributed by atoms with van der Waals surface area (Å²) in [4.78, 5) is 5.01. The van der Waals surface area contributed by atoms with Gasteiger partial charge in [0.1, 0.15) is 28.8 Å². The lowest BCUT2D eigenvalue weighted by Gasteiger charge is -2.09. The first-order valence-electron chi connectivity index (χ1n) is 12.8. The van der Waals surface area contributed by atoms with Gasteiger partial charge in [-0.3, -0.25) is 4.57 Å². The number of hydrogen-bond donors (Lipinski definition) is 0. The summed E-state index contributed by atoms with van der Waals surface area (Å²) in [5, 5.41) is 3.00. The van der Waals surface area contributed by atoms with Gasteiger partial charge in [-0.05, 0) is 60.3 Å². The molecule has 0 amide bonds. The normalized spacial score (nSPS) is 13.3. The zero-order valence-corrected chi connectivity index (χ0v) is 19.4. The topological polar surface area (TPSA) is 44.1 Å². The number of fused-ring (bicyclic) bond motifs is 5. The first kappa shape index (κ1) is 18.1. The average Bonchev–Trinajstić information content (AvgIpc) is 3.60. The molecule has 3 heterocycles. The molecule has 7 aromatic rings. The van der Waals surface area contributed by atoms with Gasteiger partial charge in [0.25, 0.3) is 0 Å². The molecule has 0 aliphatic heterocycles. The van der Waals surface area contributed by atoms with Gasteiger partial charge in [-0.25, -0.2) is 4.98 Å². The maximum absolute atomic E-state index is 8.62. The van der Waals surface area contributed by atoms with E-state index in [1.165, 1.54) is 0 Å². The SMILES string of the molecule is [2H]C([2H])(c1ccc2occ(-c3nc4ccccc4n3-c3ccc4c(c3)oc3ccccc34)c2c1)C(C)C. The predicted octanol–water partition coefficient (Wildman–Crippen LogP) is 8.54. The van der Waals surface area contributed by atoms with Crippen LogP contribution in [0.5, 0.6) is 0 Å². The maximum Gasteiger partial charge on any atom is 0.149 e. The Labute approximate surface area is 205 Å². The summed E-state index contributed by atoms with van der Waals surface area (Å²) in [6.45, 7) is 3.79. The fourth-order valence-electron chi connectivity index (χ4n) is 4.95. The molecule has 0 saturated heterocycles. The van der Waals surface area contributed by atoms with E-state index in [0.29, 0.717) is 11.1 Å². The minimum atomic E-state index is -1.46. The highest BCUT2D eigenvalue weighted by molar-refractivity contribution is 6.05. The van der Waals surface area contributed by atoms with Crippen LogP contribution in [0.1, 0.15) is 22.2 Å². The minimum absolute atomic E-state index is 0.166. The number of hydrogen-bond acceptors (Lipinski definition) is 3. The van der Waals surface area contributed by atoms with E-state index in [9.17, 15) is 0 Å². The number of imidazole rings is 1. The Morgan fingerprint density at radius 1 is 0.829 bits per heavy atom. The van der Waals surface area contributed by atoms with Crippen molar-refractivity contribution in [1.29, 1.82) is 0 Å². The van der Waals surface area contributed by atoms with E-state index in [1.807, 2.05) is 68.4 Å². The van der Waals surface area contributed by atoms with E-state index < -0.39 is 6.37 Å². The van der Waals surface area contributed by atoms with Crippen LogP contribution in [0.3, 0.4) is 0 Å². The quantitative estimate of drug-likeness (QED) is 0.265. The molecule has 35 heavy (non-hydrogen) atoms. The summed E-state index contributed by atoms with van der Waals surface area (Å²) in [6.07, 6.45) is 0.256. The third kappa shape index (κ3) is 3.17. The molecule has 0 aliphatic carbocycles. The number of furan rings is 2. The molecule has 0 fully saturated rings. The summed E-state index contributed by atoms with van der Waals surface area (Å²) in [7, 11) is 0. The Hall–Kier alpha value is -4.31. The molecule has 3 aromatic heterocycles. The predicted molar refractivity (Wildman–Crippen MR) is 142 cm³/mol. The maximum atomic E-state index is 8.62. The van der Waals surface area contributed by atoms with E-state index in [1.54, 1.807) is 6.26 Å². The number of aromatic nitrogens is 2. The Morgan fingerprint density at radius 3 is 2.57 bits per heavy atom. The molecule has 0 radical (unpaired) electrons. The fraction of sp³-hybridized carbons (Fsp3) is 0.129. The zero-order chi connectivity index (χ0) is 25.3. The summed E-state index contributed by atoms with van der Waals surface area (Å²) in [5.74, 6) is 0.568. The molecule has 0 aliphatic rings. The summed E-state index contributed by atoms with van der Waals surface area (Å²) in [6, 6.07) is 27.9. The third-order valence-corrected chi connectivity index (χ3v) is 6.45. The molecule has 4 aromatic carbocycles. The number of rotatable bonds is 4. The number of benzene rings is 4. The van der Waals surface area contributed by atoms with E-state index in [-0.39, 0.29) is 5.92 Å². The van der Waals surface area contributed by atoms with Crippen molar-refractivity contribution >= 4 is 43.9 Å². The van der Waals surface area contributed by atoms with E-state index >= 15 is 0 Å². The lowest BCUT2D eigenvalue weighted by Crippen LogP contribution is -1.97. The molecule has 7 rings (SSSR count). The van der Waals surface area contributed by atoms with Crippen molar-refractivity contribution in [1.82, 2.24) is 9.55 Å². The first-order valence-corrected chi connectivity index (χ1v) is 11.8. The molecule has 0 unspecified atom stereocenters. The molecular weight excluding hydrogens is 432 g/mol. The molecule has 0 bridgehead atoms. The van der Waals surface area contributed by atoms with Gasteiger partial charge in [0.2, 0.25) is 0 Å². The van der Waals surface area contributed by atoms with Gasteiger partial charge >= 0.3 is 0 Å². The van der Waals surface area contributed by atoms with Crippen LogP contribution in [0.15, 0.2) is 100 Å². The Bertz CT molecular complexity index is 1960. The summed E-state index contributed by atoms with van der Waals surface area (Å²) < 4.78 is 31.5. The van der Waals surface area contributed by atoms with Gasteiger partial charge < -0.3 is 8.83 Å². The lowest BCUT2D eigenvalue weighted by atomic mass is 10.0. The molecule has 4 heteroatoms. The molecule has 170 valence electrons. The smallest absolute Gasteiger partial charge is 0.149 e. The van der Waals surface area contributed by atoms with Crippen molar-refractivity contribution in [3.05, 3.63) is 96.8 Å². The molecular formula is C31H24N2O2. The van der Waals surface area contributed by atoms with Crippen molar-refractivity contribution in [2.75, 3.05) is 0 Å². The van der Waals surface area contributed by atoms with Crippen molar-refractivity contribution in [2.45, 2.75) is 20.2 Å². The van der Waals surface area contributed by atoms with Gasteiger partial charge in [-0.15, -0.1) is 0 Å². The second-order valence-corrected chi connectivity index (χ2v) is 9.20. The minimum Gasteiger partial charge on any atom is -0.464 e. The highest BCUT2D eigenvalue weighted by Gasteiger charge is 2.20. The second-order valence-electron chi connectivity index (χ2n) is 9.20. The molecule has 0 spiro atoms. The first-order chi connectivity index (χ1) is 17.9. The van der Waals surface area contributed by atoms with Gasteiger partial charge in [0.15, 0.2) is 0 Å². The fourth-order valence-corrected chi connectivity index (χ4v) is 4.95. The van der Waals surface area contributed by atoms with Gasteiger partial charge in [0, 0.05) is 25.0 Å². The molecule has 0 N–H and O–H groups in total. The Balaban J connectivity index is 1.49. The van der Waals surface area contributed by atoms with Gasteiger partial charge in [-0.2, -0.15) is 0 Å². The van der Waals surface area contributed by atoms with Crippen LogP contribution >= 0.6 is 0 Å². The van der Waals surface area contributed by atoms with Crippen molar-refractivity contribution < 1.29 is 11.6 Å². The van der Waals surface area contributed by atoms with Gasteiger partial charge in [0.05, 0.1) is 22.3 Å². The standard InChI is InChI=1S/C31H24N2O2/c1-19(2)15-20-11-14-28-24(16-20)25(18-34-28)31-32-26-8-4-5-9-27(26)33(31)21-12-13-23-22-7-3-6-10-29(22)35-30(23)17-21/h3-14,16-19H,15H2,1-2H3/i15D2. The molecule has 0 atom stereocenters. The van der Waals surface area contributed by atoms with E-state index in [0.717, 1.165) is 55.4 Å². The van der Waals surface area contributed by atoms with Crippen LogP contribution in [0, 0.1) is 5.92 Å². The summed E-state index contributed by atoms with van der Waals surface area (Å²) >= 11 is 0. The average molecular weight is 459 g/mol. The molecule has 4 nitrogen and oxygen atoms in total. The van der Waals surface area contributed by atoms with E-state index in [4.69, 9.17) is 16.6 Å². The van der Waals surface area contributed by atoms with Crippen LogP contribution in [0.2, 0.25) is 0 Å². The number of nitrogens with zero attached hydrogens (tertiary/aromatic N) is 2.